The molecule has 108 valence electrons. The lowest BCUT2D eigenvalue weighted by Gasteiger charge is -2.26. The van der Waals surface area contributed by atoms with Crippen molar-refractivity contribution in [2.24, 2.45) is 11.8 Å². The summed E-state index contributed by atoms with van der Waals surface area (Å²) >= 11 is 0. The maximum absolute atomic E-state index is 10.5. The Balaban J connectivity index is 4.03. The molecule has 2 unspecified atom stereocenters. The SMILES string of the molecule is CCCCC(CC)C(CCC)CCCCC(=O)O. The lowest BCUT2D eigenvalue weighted by molar-refractivity contribution is -0.137. The zero-order valence-corrected chi connectivity index (χ0v) is 12.6. The van der Waals surface area contributed by atoms with E-state index in [-0.39, 0.29) is 0 Å². The Morgan fingerprint density at radius 2 is 1.56 bits per heavy atom. The van der Waals surface area contributed by atoms with Crippen LogP contribution in [-0.2, 0) is 4.79 Å². The maximum Gasteiger partial charge on any atom is 0.303 e. The molecule has 0 aliphatic heterocycles. The van der Waals surface area contributed by atoms with E-state index < -0.39 is 5.97 Å². The van der Waals surface area contributed by atoms with Gasteiger partial charge in [0.05, 0.1) is 0 Å². The lowest BCUT2D eigenvalue weighted by Crippen LogP contribution is -2.14. The van der Waals surface area contributed by atoms with Crippen LogP contribution in [0.5, 0.6) is 0 Å². The van der Waals surface area contributed by atoms with E-state index in [4.69, 9.17) is 5.11 Å². The van der Waals surface area contributed by atoms with E-state index in [9.17, 15) is 4.79 Å². The summed E-state index contributed by atoms with van der Waals surface area (Å²) < 4.78 is 0. The molecule has 2 nitrogen and oxygen atoms in total. The van der Waals surface area contributed by atoms with Gasteiger partial charge in [-0.2, -0.15) is 0 Å². The highest BCUT2D eigenvalue weighted by Crippen LogP contribution is 2.30. The first kappa shape index (κ1) is 17.5. The average molecular weight is 256 g/mol. The lowest BCUT2D eigenvalue weighted by atomic mass is 9.80. The van der Waals surface area contributed by atoms with Crippen molar-refractivity contribution in [2.75, 3.05) is 0 Å². The van der Waals surface area contributed by atoms with Gasteiger partial charge in [0, 0.05) is 6.42 Å². The standard InChI is InChI=1S/C16H32O2/c1-4-7-11-14(6-3)15(10-5-2)12-8-9-13-16(17)18/h14-15H,4-13H2,1-3H3,(H,17,18). The molecular weight excluding hydrogens is 224 g/mol. The second-order valence-corrected chi connectivity index (χ2v) is 5.50. The van der Waals surface area contributed by atoms with Crippen LogP contribution in [0.15, 0.2) is 0 Å². The topological polar surface area (TPSA) is 37.3 Å². The van der Waals surface area contributed by atoms with E-state index >= 15 is 0 Å². The molecule has 0 saturated carbocycles. The smallest absolute Gasteiger partial charge is 0.303 e. The van der Waals surface area contributed by atoms with Gasteiger partial charge in [-0.3, -0.25) is 4.79 Å². The maximum atomic E-state index is 10.5. The van der Waals surface area contributed by atoms with Crippen LogP contribution in [-0.4, -0.2) is 11.1 Å². The molecule has 0 heterocycles. The van der Waals surface area contributed by atoms with Crippen LogP contribution in [0.1, 0.15) is 85.0 Å². The van der Waals surface area contributed by atoms with Gasteiger partial charge in [0.25, 0.3) is 0 Å². The Bertz CT molecular complexity index is 201. The summed E-state index contributed by atoms with van der Waals surface area (Å²) in [5.41, 5.74) is 0. The second-order valence-electron chi connectivity index (χ2n) is 5.50. The molecule has 18 heavy (non-hydrogen) atoms. The third-order valence-corrected chi connectivity index (χ3v) is 3.99. The number of unbranched alkanes of at least 4 members (excludes halogenated alkanes) is 2. The summed E-state index contributed by atoms with van der Waals surface area (Å²) in [7, 11) is 0. The summed E-state index contributed by atoms with van der Waals surface area (Å²) in [6, 6.07) is 0. The normalized spacial score (nSPS) is 14.4. The van der Waals surface area contributed by atoms with Gasteiger partial charge < -0.3 is 5.11 Å². The molecule has 0 aliphatic rings. The molecule has 0 aromatic carbocycles. The van der Waals surface area contributed by atoms with Gasteiger partial charge in [-0.15, -0.1) is 0 Å². The van der Waals surface area contributed by atoms with E-state index in [0.717, 1.165) is 24.7 Å². The van der Waals surface area contributed by atoms with E-state index in [2.05, 4.69) is 20.8 Å². The van der Waals surface area contributed by atoms with Crippen molar-refractivity contribution < 1.29 is 9.90 Å². The fraction of sp³-hybridized carbons (Fsp3) is 0.938. The van der Waals surface area contributed by atoms with Gasteiger partial charge in [-0.25, -0.2) is 0 Å². The van der Waals surface area contributed by atoms with Crippen molar-refractivity contribution >= 4 is 5.97 Å². The van der Waals surface area contributed by atoms with Crippen LogP contribution in [0.25, 0.3) is 0 Å². The van der Waals surface area contributed by atoms with E-state index in [1.54, 1.807) is 0 Å². The number of carboxylic acid groups (broad SMARTS) is 1. The fourth-order valence-electron chi connectivity index (χ4n) is 2.91. The van der Waals surface area contributed by atoms with Gasteiger partial charge >= 0.3 is 5.97 Å². The Morgan fingerprint density at radius 1 is 0.889 bits per heavy atom. The monoisotopic (exact) mass is 256 g/mol. The van der Waals surface area contributed by atoms with Crippen molar-refractivity contribution in [3.05, 3.63) is 0 Å². The first-order valence-electron chi connectivity index (χ1n) is 7.87. The molecule has 0 aliphatic carbocycles. The fourth-order valence-corrected chi connectivity index (χ4v) is 2.91. The molecule has 0 amide bonds. The molecule has 0 aromatic rings. The van der Waals surface area contributed by atoms with Crippen LogP contribution >= 0.6 is 0 Å². The quantitative estimate of drug-likeness (QED) is 0.483. The van der Waals surface area contributed by atoms with Crippen LogP contribution < -0.4 is 0 Å². The zero-order valence-electron chi connectivity index (χ0n) is 12.6. The first-order valence-corrected chi connectivity index (χ1v) is 7.87. The van der Waals surface area contributed by atoms with Gasteiger partial charge in [0.15, 0.2) is 0 Å². The predicted octanol–water partition coefficient (Wildman–Crippen LogP) is 5.26. The van der Waals surface area contributed by atoms with Crippen LogP contribution in [0.2, 0.25) is 0 Å². The molecule has 0 rings (SSSR count). The molecule has 0 bridgehead atoms. The minimum Gasteiger partial charge on any atom is -0.481 e. The highest BCUT2D eigenvalue weighted by Gasteiger charge is 2.18. The molecule has 0 spiro atoms. The molecule has 0 saturated heterocycles. The molecule has 1 N–H and O–H groups in total. The number of carbonyl (C=O) groups is 1. The molecule has 0 aromatic heterocycles. The first-order chi connectivity index (χ1) is 8.65. The number of hydrogen-bond acceptors (Lipinski definition) is 1. The minimum absolute atomic E-state index is 0.338. The van der Waals surface area contributed by atoms with Gasteiger partial charge in [0.2, 0.25) is 0 Å². The van der Waals surface area contributed by atoms with E-state index in [1.165, 1.54) is 44.9 Å². The Kier molecular flexibility index (Phi) is 11.2. The highest BCUT2D eigenvalue weighted by molar-refractivity contribution is 5.66. The van der Waals surface area contributed by atoms with Crippen molar-refractivity contribution in [2.45, 2.75) is 85.0 Å². The average Bonchev–Trinajstić information content (AvgIpc) is 2.34. The number of carboxylic acids is 1. The molecule has 2 heteroatoms. The van der Waals surface area contributed by atoms with Crippen molar-refractivity contribution in [1.82, 2.24) is 0 Å². The van der Waals surface area contributed by atoms with Crippen molar-refractivity contribution in [3.8, 4) is 0 Å². The highest BCUT2D eigenvalue weighted by atomic mass is 16.4. The third kappa shape index (κ3) is 8.54. The number of hydrogen-bond donors (Lipinski definition) is 1. The summed E-state index contributed by atoms with van der Waals surface area (Å²) in [4.78, 5) is 10.5. The van der Waals surface area contributed by atoms with Gasteiger partial charge in [0.1, 0.15) is 0 Å². The predicted molar refractivity (Wildman–Crippen MR) is 77.8 cm³/mol. The molecule has 2 atom stereocenters. The van der Waals surface area contributed by atoms with Gasteiger partial charge in [-0.1, -0.05) is 72.1 Å². The van der Waals surface area contributed by atoms with Crippen molar-refractivity contribution in [1.29, 1.82) is 0 Å². The largest absolute Gasteiger partial charge is 0.481 e. The second kappa shape index (κ2) is 11.6. The van der Waals surface area contributed by atoms with Gasteiger partial charge in [-0.05, 0) is 18.3 Å². The molecule has 0 fully saturated rings. The molecular formula is C16H32O2. The summed E-state index contributed by atoms with van der Waals surface area (Å²) in [6.07, 6.45) is 11.3. The third-order valence-electron chi connectivity index (χ3n) is 3.99. The Morgan fingerprint density at radius 3 is 2.06 bits per heavy atom. The summed E-state index contributed by atoms with van der Waals surface area (Å²) in [5, 5.41) is 8.65. The molecule has 0 radical (unpaired) electrons. The van der Waals surface area contributed by atoms with Crippen LogP contribution in [0.4, 0.5) is 0 Å². The Hall–Kier alpha value is -0.530. The minimum atomic E-state index is -0.653. The Labute approximate surface area is 113 Å². The van der Waals surface area contributed by atoms with E-state index in [1.807, 2.05) is 0 Å². The number of aliphatic carboxylic acids is 1. The summed E-state index contributed by atoms with van der Waals surface area (Å²) in [5.74, 6) is 1.02. The number of rotatable bonds is 12. The van der Waals surface area contributed by atoms with Crippen molar-refractivity contribution in [3.63, 3.8) is 0 Å². The van der Waals surface area contributed by atoms with Crippen LogP contribution in [0.3, 0.4) is 0 Å². The van der Waals surface area contributed by atoms with Crippen LogP contribution in [0, 0.1) is 11.8 Å². The van der Waals surface area contributed by atoms with E-state index in [0.29, 0.717) is 6.42 Å². The summed E-state index contributed by atoms with van der Waals surface area (Å²) in [6.45, 7) is 6.82. The zero-order chi connectivity index (χ0) is 13.8.